The molecule has 2 aromatic heterocycles. The maximum absolute atomic E-state index is 5.70. The van der Waals surface area contributed by atoms with Gasteiger partial charge in [0.25, 0.3) is 5.22 Å². The van der Waals surface area contributed by atoms with Crippen LogP contribution in [-0.4, -0.2) is 16.8 Å². The summed E-state index contributed by atoms with van der Waals surface area (Å²) in [5, 5.41) is 4.45. The van der Waals surface area contributed by atoms with E-state index in [0.29, 0.717) is 5.25 Å². The number of para-hydroxylation sites is 2. The van der Waals surface area contributed by atoms with Crippen molar-refractivity contribution in [3.05, 3.63) is 48.4 Å². The summed E-state index contributed by atoms with van der Waals surface area (Å²) in [5.74, 6) is 0.948. The molecule has 4 nitrogen and oxygen atoms in total. The summed E-state index contributed by atoms with van der Waals surface area (Å²) < 4.78 is 11.0. The zero-order valence-corrected chi connectivity index (χ0v) is 12.0. The number of thioether (sulfide) groups is 1. The van der Waals surface area contributed by atoms with E-state index in [1.54, 1.807) is 18.0 Å². The Balaban J connectivity index is 1.51. The first-order valence-corrected chi connectivity index (χ1v) is 7.44. The van der Waals surface area contributed by atoms with Crippen molar-refractivity contribution < 1.29 is 8.83 Å². The Morgan fingerprint density at radius 2 is 2.15 bits per heavy atom. The largest absolute Gasteiger partial charge is 0.468 e. The van der Waals surface area contributed by atoms with E-state index in [0.717, 1.165) is 35.2 Å². The first-order valence-electron chi connectivity index (χ1n) is 6.56. The van der Waals surface area contributed by atoms with Gasteiger partial charge in [0, 0.05) is 11.8 Å². The fourth-order valence-corrected chi connectivity index (χ4v) is 2.76. The van der Waals surface area contributed by atoms with E-state index in [-0.39, 0.29) is 0 Å². The number of fused-ring (bicyclic) bond motifs is 1. The fraction of sp³-hybridized carbons (Fsp3) is 0.267. The predicted octanol–water partition coefficient (Wildman–Crippen LogP) is 3.69. The third kappa shape index (κ3) is 3.23. The standard InChI is InChI=1S/C15H16N2O2S/c1-11(9-16-10-12-5-4-8-18-12)20-15-17-13-6-2-3-7-14(13)19-15/h2-8,11,16H,9-10H2,1H3. The van der Waals surface area contributed by atoms with Gasteiger partial charge in [0.05, 0.1) is 12.8 Å². The molecule has 0 saturated carbocycles. The van der Waals surface area contributed by atoms with Crippen molar-refractivity contribution in [1.82, 2.24) is 10.3 Å². The Hall–Kier alpha value is -1.72. The second-order valence-electron chi connectivity index (χ2n) is 4.59. The van der Waals surface area contributed by atoms with Crippen molar-refractivity contribution in [2.75, 3.05) is 6.54 Å². The molecule has 0 amide bonds. The first kappa shape index (κ1) is 13.3. The summed E-state index contributed by atoms with van der Waals surface area (Å²) in [6.45, 7) is 3.75. The number of aromatic nitrogens is 1. The molecule has 0 fully saturated rings. The molecule has 0 aliphatic heterocycles. The normalized spacial score (nSPS) is 12.8. The van der Waals surface area contributed by atoms with Crippen molar-refractivity contribution in [3.8, 4) is 0 Å². The molecule has 0 spiro atoms. The average Bonchev–Trinajstić information content (AvgIpc) is 3.06. The molecule has 0 saturated heterocycles. The minimum Gasteiger partial charge on any atom is -0.468 e. The minimum atomic E-state index is 0.373. The summed E-state index contributed by atoms with van der Waals surface area (Å²) in [6.07, 6.45) is 1.69. The van der Waals surface area contributed by atoms with Crippen molar-refractivity contribution in [2.24, 2.45) is 0 Å². The molecule has 104 valence electrons. The van der Waals surface area contributed by atoms with Crippen LogP contribution in [0.4, 0.5) is 0 Å². The van der Waals surface area contributed by atoms with Crippen LogP contribution in [0.2, 0.25) is 0 Å². The Labute approximate surface area is 121 Å². The van der Waals surface area contributed by atoms with Crippen LogP contribution in [0.15, 0.2) is 56.7 Å². The average molecular weight is 288 g/mol. The van der Waals surface area contributed by atoms with Gasteiger partial charge in [-0.2, -0.15) is 0 Å². The number of benzene rings is 1. The number of furan rings is 1. The SMILES string of the molecule is CC(CNCc1ccco1)Sc1nc2ccccc2o1. The summed E-state index contributed by atoms with van der Waals surface area (Å²) >= 11 is 1.64. The topological polar surface area (TPSA) is 51.2 Å². The van der Waals surface area contributed by atoms with E-state index in [9.17, 15) is 0 Å². The molecular formula is C15H16N2O2S. The Kier molecular flexibility index (Phi) is 4.08. The lowest BCUT2D eigenvalue weighted by Crippen LogP contribution is -2.21. The van der Waals surface area contributed by atoms with Crippen molar-refractivity contribution in [3.63, 3.8) is 0 Å². The van der Waals surface area contributed by atoms with Gasteiger partial charge in [-0.05, 0) is 24.3 Å². The van der Waals surface area contributed by atoms with E-state index >= 15 is 0 Å². The third-order valence-corrected chi connectivity index (χ3v) is 3.83. The molecule has 1 N–H and O–H groups in total. The number of oxazole rings is 1. The van der Waals surface area contributed by atoms with Crippen LogP contribution in [0.5, 0.6) is 0 Å². The maximum atomic E-state index is 5.70. The maximum Gasteiger partial charge on any atom is 0.257 e. The lowest BCUT2D eigenvalue weighted by molar-refractivity contribution is 0.480. The number of rotatable bonds is 6. The van der Waals surface area contributed by atoms with Gasteiger partial charge < -0.3 is 14.2 Å². The summed E-state index contributed by atoms with van der Waals surface area (Å²) in [7, 11) is 0. The number of nitrogens with zero attached hydrogens (tertiary/aromatic N) is 1. The van der Waals surface area contributed by atoms with Crippen molar-refractivity contribution >= 4 is 22.9 Å². The highest BCUT2D eigenvalue weighted by molar-refractivity contribution is 7.99. The predicted molar refractivity (Wildman–Crippen MR) is 79.7 cm³/mol. The number of nitrogens with one attached hydrogen (secondary N) is 1. The van der Waals surface area contributed by atoms with Crippen LogP contribution in [0.25, 0.3) is 11.1 Å². The lowest BCUT2D eigenvalue weighted by Gasteiger charge is -2.08. The van der Waals surface area contributed by atoms with Gasteiger partial charge >= 0.3 is 0 Å². The van der Waals surface area contributed by atoms with Crippen LogP contribution in [-0.2, 0) is 6.54 Å². The van der Waals surface area contributed by atoms with Gasteiger partial charge in [0.15, 0.2) is 5.58 Å². The van der Waals surface area contributed by atoms with Crippen LogP contribution in [0, 0.1) is 0 Å². The van der Waals surface area contributed by atoms with Crippen molar-refractivity contribution in [2.45, 2.75) is 23.9 Å². The smallest absolute Gasteiger partial charge is 0.257 e. The molecule has 1 atom stereocenters. The highest BCUT2D eigenvalue weighted by Crippen LogP contribution is 2.26. The number of hydrogen-bond donors (Lipinski definition) is 1. The summed E-state index contributed by atoms with van der Waals surface area (Å²) in [5.41, 5.74) is 1.75. The van der Waals surface area contributed by atoms with E-state index in [4.69, 9.17) is 8.83 Å². The summed E-state index contributed by atoms with van der Waals surface area (Å²) in [4.78, 5) is 4.46. The first-order chi connectivity index (χ1) is 9.81. The Morgan fingerprint density at radius 1 is 1.25 bits per heavy atom. The minimum absolute atomic E-state index is 0.373. The zero-order chi connectivity index (χ0) is 13.8. The third-order valence-electron chi connectivity index (χ3n) is 2.89. The molecule has 0 aliphatic rings. The summed E-state index contributed by atoms with van der Waals surface area (Å²) in [6, 6.07) is 11.7. The highest BCUT2D eigenvalue weighted by atomic mass is 32.2. The van der Waals surface area contributed by atoms with Crippen LogP contribution in [0.3, 0.4) is 0 Å². The van der Waals surface area contributed by atoms with Gasteiger partial charge in [-0.25, -0.2) is 4.98 Å². The van der Waals surface area contributed by atoms with Crippen LogP contribution < -0.4 is 5.32 Å². The Morgan fingerprint density at radius 3 is 2.95 bits per heavy atom. The zero-order valence-electron chi connectivity index (χ0n) is 11.2. The van der Waals surface area contributed by atoms with Gasteiger partial charge in [-0.1, -0.05) is 30.8 Å². The second-order valence-corrected chi connectivity index (χ2v) is 5.98. The molecule has 1 unspecified atom stereocenters. The number of hydrogen-bond acceptors (Lipinski definition) is 5. The van der Waals surface area contributed by atoms with Crippen LogP contribution >= 0.6 is 11.8 Å². The Bertz CT molecular complexity index is 630. The molecule has 0 bridgehead atoms. The van der Waals surface area contributed by atoms with E-state index in [1.165, 1.54) is 0 Å². The van der Waals surface area contributed by atoms with Gasteiger partial charge in [-0.3, -0.25) is 0 Å². The molecule has 20 heavy (non-hydrogen) atoms. The molecule has 5 heteroatoms. The lowest BCUT2D eigenvalue weighted by atomic mass is 10.3. The van der Waals surface area contributed by atoms with Crippen LogP contribution in [0.1, 0.15) is 12.7 Å². The van der Waals surface area contributed by atoms with Gasteiger partial charge in [0.2, 0.25) is 0 Å². The quantitative estimate of drug-likeness (QED) is 0.701. The molecule has 1 aromatic carbocycles. The molecule has 3 aromatic rings. The fourth-order valence-electron chi connectivity index (χ4n) is 1.93. The van der Waals surface area contributed by atoms with E-state index in [2.05, 4.69) is 17.2 Å². The molecule has 0 radical (unpaired) electrons. The van der Waals surface area contributed by atoms with Crippen molar-refractivity contribution in [1.29, 1.82) is 0 Å². The molecule has 2 heterocycles. The second kappa shape index (κ2) is 6.15. The van der Waals surface area contributed by atoms with Gasteiger partial charge in [-0.15, -0.1) is 0 Å². The molecule has 0 aliphatic carbocycles. The molecular weight excluding hydrogens is 272 g/mol. The van der Waals surface area contributed by atoms with E-state index < -0.39 is 0 Å². The van der Waals surface area contributed by atoms with Gasteiger partial charge in [0.1, 0.15) is 11.3 Å². The van der Waals surface area contributed by atoms with E-state index in [1.807, 2.05) is 36.4 Å². The highest BCUT2D eigenvalue weighted by Gasteiger charge is 2.10. The monoisotopic (exact) mass is 288 g/mol. The molecule has 3 rings (SSSR count).